The van der Waals surface area contributed by atoms with E-state index in [0.717, 1.165) is 24.7 Å². The second kappa shape index (κ2) is 3.68. The van der Waals surface area contributed by atoms with E-state index < -0.39 is 0 Å². The molecule has 0 bridgehead atoms. The number of hydrogen-bond donors (Lipinski definition) is 1. The molecule has 0 amide bonds. The lowest BCUT2D eigenvalue weighted by Gasteiger charge is -2.21. The zero-order valence-corrected chi connectivity index (χ0v) is 10.2. The molecule has 1 aliphatic rings. The van der Waals surface area contributed by atoms with Gasteiger partial charge < -0.3 is 9.88 Å². The summed E-state index contributed by atoms with van der Waals surface area (Å²) in [6.07, 6.45) is 0. The standard InChI is InChI=1S/C11H14N4S/c1-7-5-16-6-9(7)11-14-13-10-8(2)12-3-4-15(10)11/h5-6,8,12H,3-4H2,1-2H3. The smallest absolute Gasteiger partial charge is 0.165 e. The molecule has 16 heavy (non-hydrogen) atoms. The summed E-state index contributed by atoms with van der Waals surface area (Å²) in [7, 11) is 0. The largest absolute Gasteiger partial charge is 0.308 e. The number of aromatic nitrogens is 3. The van der Waals surface area contributed by atoms with Crippen molar-refractivity contribution >= 4 is 11.3 Å². The summed E-state index contributed by atoms with van der Waals surface area (Å²) in [6.45, 7) is 6.20. The van der Waals surface area contributed by atoms with Crippen LogP contribution in [-0.4, -0.2) is 21.3 Å². The molecule has 0 saturated carbocycles. The molecule has 0 aliphatic carbocycles. The van der Waals surface area contributed by atoms with Crippen molar-refractivity contribution in [1.29, 1.82) is 0 Å². The molecule has 0 fully saturated rings. The van der Waals surface area contributed by atoms with Gasteiger partial charge in [0, 0.05) is 24.0 Å². The maximum Gasteiger partial charge on any atom is 0.165 e. The first kappa shape index (κ1) is 9.99. The fraction of sp³-hybridized carbons (Fsp3) is 0.455. The fourth-order valence-electron chi connectivity index (χ4n) is 2.13. The number of aryl methyl sites for hydroxylation is 1. The van der Waals surface area contributed by atoms with Crippen molar-refractivity contribution in [3.8, 4) is 11.4 Å². The van der Waals surface area contributed by atoms with Crippen molar-refractivity contribution in [2.45, 2.75) is 26.4 Å². The van der Waals surface area contributed by atoms with Gasteiger partial charge in [-0.05, 0) is 24.8 Å². The summed E-state index contributed by atoms with van der Waals surface area (Å²) in [5.41, 5.74) is 2.50. The average Bonchev–Trinajstić information content (AvgIpc) is 2.84. The molecule has 2 aromatic heterocycles. The Hall–Kier alpha value is -1.20. The normalized spacial score (nSPS) is 19.8. The number of nitrogens with zero attached hydrogens (tertiary/aromatic N) is 3. The molecule has 3 rings (SSSR count). The molecule has 1 aliphatic heterocycles. The van der Waals surface area contributed by atoms with E-state index >= 15 is 0 Å². The highest BCUT2D eigenvalue weighted by atomic mass is 32.1. The minimum atomic E-state index is 0.300. The van der Waals surface area contributed by atoms with Gasteiger partial charge in [-0.3, -0.25) is 0 Å². The summed E-state index contributed by atoms with van der Waals surface area (Å²) >= 11 is 1.72. The van der Waals surface area contributed by atoms with E-state index in [1.165, 1.54) is 11.1 Å². The van der Waals surface area contributed by atoms with E-state index in [4.69, 9.17) is 0 Å². The Bertz CT molecular complexity index is 514. The Morgan fingerprint density at radius 2 is 2.31 bits per heavy atom. The molecule has 0 saturated heterocycles. The van der Waals surface area contributed by atoms with Gasteiger partial charge in [0.2, 0.25) is 0 Å². The summed E-state index contributed by atoms with van der Waals surface area (Å²) in [5, 5.41) is 16.3. The maximum absolute atomic E-state index is 4.33. The van der Waals surface area contributed by atoms with Crippen LogP contribution in [0.4, 0.5) is 0 Å². The minimum absolute atomic E-state index is 0.300. The topological polar surface area (TPSA) is 42.7 Å². The molecule has 1 atom stereocenters. The summed E-state index contributed by atoms with van der Waals surface area (Å²) < 4.78 is 2.23. The number of rotatable bonds is 1. The Morgan fingerprint density at radius 1 is 1.44 bits per heavy atom. The van der Waals surface area contributed by atoms with Gasteiger partial charge in [-0.25, -0.2) is 0 Å². The Morgan fingerprint density at radius 3 is 3.06 bits per heavy atom. The first-order chi connectivity index (χ1) is 7.77. The third kappa shape index (κ3) is 1.39. The quantitative estimate of drug-likeness (QED) is 0.820. The van der Waals surface area contributed by atoms with Crippen LogP contribution in [0.2, 0.25) is 0 Å². The lowest BCUT2D eigenvalue weighted by Crippen LogP contribution is -2.32. The van der Waals surface area contributed by atoms with Gasteiger partial charge in [0.25, 0.3) is 0 Å². The van der Waals surface area contributed by atoms with Crippen molar-refractivity contribution in [2.24, 2.45) is 0 Å². The molecule has 0 spiro atoms. The van der Waals surface area contributed by atoms with Gasteiger partial charge in [0.15, 0.2) is 5.82 Å². The highest BCUT2D eigenvalue weighted by molar-refractivity contribution is 7.08. The Balaban J connectivity index is 2.13. The van der Waals surface area contributed by atoms with Crippen molar-refractivity contribution in [2.75, 3.05) is 6.54 Å². The van der Waals surface area contributed by atoms with E-state index in [0.29, 0.717) is 6.04 Å². The molecular weight excluding hydrogens is 220 g/mol. The molecule has 5 heteroatoms. The van der Waals surface area contributed by atoms with Gasteiger partial charge in [-0.2, -0.15) is 11.3 Å². The second-order valence-electron chi connectivity index (χ2n) is 4.18. The Labute approximate surface area is 98.3 Å². The van der Waals surface area contributed by atoms with Crippen molar-refractivity contribution < 1.29 is 0 Å². The molecule has 84 valence electrons. The van der Waals surface area contributed by atoms with Crippen molar-refractivity contribution in [1.82, 2.24) is 20.1 Å². The van der Waals surface area contributed by atoms with E-state index in [2.05, 4.69) is 44.7 Å². The van der Waals surface area contributed by atoms with Crippen LogP contribution in [0.1, 0.15) is 24.4 Å². The lowest BCUT2D eigenvalue weighted by atomic mass is 10.2. The van der Waals surface area contributed by atoms with Crippen LogP contribution in [0.5, 0.6) is 0 Å². The van der Waals surface area contributed by atoms with E-state index in [9.17, 15) is 0 Å². The predicted octanol–water partition coefficient (Wildman–Crippen LogP) is 1.98. The van der Waals surface area contributed by atoms with Crippen LogP contribution in [0.3, 0.4) is 0 Å². The summed E-state index contributed by atoms with van der Waals surface area (Å²) in [5.74, 6) is 2.06. The first-order valence-corrected chi connectivity index (χ1v) is 6.41. The third-order valence-corrected chi connectivity index (χ3v) is 3.91. The molecular formula is C11H14N4S. The van der Waals surface area contributed by atoms with E-state index in [-0.39, 0.29) is 0 Å². The molecule has 1 N–H and O–H groups in total. The molecule has 4 nitrogen and oxygen atoms in total. The fourth-order valence-corrected chi connectivity index (χ4v) is 2.96. The van der Waals surface area contributed by atoms with Crippen molar-refractivity contribution in [3.05, 3.63) is 22.1 Å². The molecule has 0 radical (unpaired) electrons. The van der Waals surface area contributed by atoms with Crippen LogP contribution < -0.4 is 5.32 Å². The Kier molecular flexibility index (Phi) is 2.29. The number of hydrogen-bond acceptors (Lipinski definition) is 4. The summed E-state index contributed by atoms with van der Waals surface area (Å²) in [4.78, 5) is 0. The number of nitrogens with one attached hydrogen (secondary N) is 1. The second-order valence-corrected chi connectivity index (χ2v) is 4.92. The zero-order chi connectivity index (χ0) is 11.1. The van der Waals surface area contributed by atoms with E-state index in [1.54, 1.807) is 11.3 Å². The molecule has 3 heterocycles. The SMILES string of the molecule is Cc1cscc1-c1nnc2n1CCNC2C. The van der Waals surface area contributed by atoms with Crippen molar-refractivity contribution in [3.63, 3.8) is 0 Å². The van der Waals surface area contributed by atoms with Crippen LogP contribution in [0.25, 0.3) is 11.4 Å². The minimum Gasteiger partial charge on any atom is -0.308 e. The lowest BCUT2D eigenvalue weighted by molar-refractivity contribution is 0.439. The van der Waals surface area contributed by atoms with Gasteiger partial charge >= 0.3 is 0 Å². The maximum atomic E-state index is 4.33. The highest BCUT2D eigenvalue weighted by Gasteiger charge is 2.22. The van der Waals surface area contributed by atoms with Crippen LogP contribution in [-0.2, 0) is 6.54 Å². The monoisotopic (exact) mass is 234 g/mol. The summed E-state index contributed by atoms with van der Waals surface area (Å²) in [6, 6.07) is 0.300. The van der Waals surface area contributed by atoms with Crippen LogP contribution in [0.15, 0.2) is 10.8 Å². The number of thiophene rings is 1. The molecule has 1 unspecified atom stereocenters. The first-order valence-electron chi connectivity index (χ1n) is 5.47. The molecule has 0 aromatic carbocycles. The van der Waals surface area contributed by atoms with Crippen LogP contribution in [0, 0.1) is 6.92 Å². The molecule has 2 aromatic rings. The van der Waals surface area contributed by atoms with Gasteiger partial charge in [-0.1, -0.05) is 0 Å². The third-order valence-electron chi connectivity index (χ3n) is 3.05. The highest BCUT2D eigenvalue weighted by Crippen LogP contribution is 2.28. The average molecular weight is 234 g/mol. The number of fused-ring (bicyclic) bond motifs is 1. The zero-order valence-electron chi connectivity index (χ0n) is 9.40. The predicted molar refractivity (Wildman–Crippen MR) is 64.5 cm³/mol. The van der Waals surface area contributed by atoms with Crippen LogP contribution >= 0.6 is 11.3 Å². The van der Waals surface area contributed by atoms with Gasteiger partial charge in [-0.15, -0.1) is 10.2 Å². The van der Waals surface area contributed by atoms with Gasteiger partial charge in [0.05, 0.1) is 6.04 Å². The van der Waals surface area contributed by atoms with E-state index in [1.807, 2.05) is 0 Å². The van der Waals surface area contributed by atoms with Gasteiger partial charge in [0.1, 0.15) is 5.82 Å².